The third kappa shape index (κ3) is 5.60. The molecule has 10 nitrogen and oxygen atoms in total. The van der Waals surface area contributed by atoms with E-state index < -0.39 is 11.7 Å². The minimum absolute atomic E-state index is 0.0330. The Hall–Kier alpha value is -3.40. The molecule has 1 aromatic heterocycles. The maximum Gasteiger partial charge on any atom is 0.411 e. The second-order valence-electron chi connectivity index (χ2n) is 7.03. The summed E-state index contributed by atoms with van der Waals surface area (Å²) in [4.78, 5) is 52.2. The normalized spacial score (nSPS) is 15.3. The number of halogens is 1. The maximum absolute atomic E-state index is 12.7. The number of nitrogens with one attached hydrogen (secondary N) is 3. The minimum atomic E-state index is -0.691. The first-order chi connectivity index (χ1) is 14.8. The minimum Gasteiger partial charge on any atom is -0.453 e. The molecule has 1 fully saturated rings. The molecule has 2 heterocycles. The topological polar surface area (TPSA) is 131 Å². The highest BCUT2D eigenvalue weighted by Gasteiger charge is 2.21. The van der Waals surface area contributed by atoms with E-state index >= 15 is 0 Å². The van der Waals surface area contributed by atoms with E-state index in [1.165, 1.54) is 23.8 Å². The van der Waals surface area contributed by atoms with Crippen molar-refractivity contribution in [1.29, 1.82) is 0 Å². The average Bonchev–Trinajstić information content (AvgIpc) is 3.14. The second kappa shape index (κ2) is 9.61. The van der Waals surface area contributed by atoms with E-state index in [2.05, 4.69) is 25.7 Å². The number of hydrogen-bond donors (Lipinski definition) is 3. The van der Waals surface area contributed by atoms with Crippen molar-refractivity contribution in [2.45, 2.75) is 32.4 Å². The van der Waals surface area contributed by atoms with Crippen LogP contribution < -0.4 is 21.5 Å². The summed E-state index contributed by atoms with van der Waals surface area (Å²) in [7, 11) is 1.23. The molecule has 0 spiro atoms. The molecule has 1 saturated heterocycles. The van der Waals surface area contributed by atoms with Crippen LogP contribution in [0.25, 0.3) is 11.3 Å². The number of carbonyl (C=O) groups is 3. The molecule has 1 aliphatic heterocycles. The summed E-state index contributed by atoms with van der Waals surface area (Å²) in [5.74, 6) is -0.0689. The molecule has 31 heavy (non-hydrogen) atoms. The Balaban J connectivity index is 1.78. The fraction of sp³-hybridized carbons (Fsp3) is 0.350. The molecule has 11 heteroatoms. The van der Waals surface area contributed by atoms with Gasteiger partial charge in [-0.1, -0.05) is 11.6 Å². The molecule has 1 atom stereocenters. The monoisotopic (exact) mass is 447 g/mol. The number of hydrogen-bond acceptors (Lipinski definition) is 6. The van der Waals surface area contributed by atoms with Crippen molar-refractivity contribution >= 4 is 35.2 Å². The van der Waals surface area contributed by atoms with Gasteiger partial charge >= 0.3 is 6.09 Å². The van der Waals surface area contributed by atoms with Gasteiger partial charge in [0.15, 0.2) is 0 Å². The van der Waals surface area contributed by atoms with Gasteiger partial charge in [-0.2, -0.15) is 0 Å². The lowest BCUT2D eigenvalue weighted by molar-refractivity contribution is -0.122. The van der Waals surface area contributed by atoms with Gasteiger partial charge in [0.25, 0.3) is 5.56 Å². The molecule has 1 unspecified atom stereocenters. The van der Waals surface area contributed by atoms with Crippen molar-refractivity contribution < 1.29 is 19.1 Å². The molecule has 0 bridgehead atoms. The molecule has 164 valence electrons. The quantitative estimate of drug-likeness (QED) is 0.614. The number of benzene rings is 1. The van der Waals surface area contributed by atoms with E-state index in [0.29, 0.717) is 47.2 Å². The number of carbonyl (C=O) groups excluding carboxylic acids is 3. The third-order valence-corrected chi connectivity index (χ3v) is 5.05. The van der Waals surface area contributed by atoms with Crippen molar-refractivity contribution in [3.8, 4) is 11.3 Å². The fourth-order valence-electron chi connectivity index (χ4n) is 3.22. The van der Waals surface area contributed by atoms with Crippen LogP contribution in [0.1, 0.15) is 18.7 Å². The Morgan fingerprint density at radius 2 is 2.10 bits per heavy atom. The van der Waals surface area contributed by atoms with Crippen molar-refractivity contribution in [3.63, 3.8) is 0 Å². The van der Waals surface area contributed by atoms with Crippen LogP contribution in [0, 0.1) is 6.92 Å². The highest BCUT2D eigenvalue weighted by atomic mass is 35.5. The summed E-state index contributed by atoms with van der Waals surface area (Å²) in [5, 5.41) is 8.41. The highest BCUT2D eigenvalue weighted by molar-refractivity contribution is 6.31. The summed E-state index contributed by atoms with van der Waals surface area (Å²) in [6.45, 7) is 1.71. The average molecular weight is 448 g/mol. The molecule has 0 radical (unpaired) electrons. The Morgan fingerprint density at radius 3 is 2.74 bits per heavy atom. The number of amides is 3. The molecule has 1 aromatic carbocycles. The van der Waals surface area contributed by atoms with Gasteiger partial charge in [0.1, 0.15) is 12.4 Å². The molecule has 0 aliphatic carbocycles. The van der Waals surface area contributed by atoms with E-state index in [1.807, 2.05) is 0 Å². The fourth-order valence-corrected chi connectivity index (χ4v) is 3.39. The van der Waals surface area contributed by atoms with Crippen LogP contribution in [0.4, 0.5) is 10.5 Å². The molecule has 0 saturated carbocycles. The van der Waals surface area contributed by atoms with Gasteiger partial charge in [-0.25, -0.2) is 9.78 Å². The van der Waals surface area contributed by atoms with E-state index in [1.54, 1.807) is 19.1 Å². The predicted octanol–water partition coefficient (Wildman–Crippen LogP) is 1.45. The van der Waals surface area contributed by atoms with Crippen molar-refractivity contribution in [1.82, 2.24) is 20.2 Å². The van der Waals surface area contributed by atoms with Crippen LogP contribution in [0.3, 0.4) is 0 Å². The number of aromatic nitrogens is 2. The number of anilines is 1. The van der Waals surface area contributed by atoms with Gasteiger partial charge < -0.3 is 15.4 Å². The Labute approximate surface area is 182 Å². The number of rotatable bonds is 6. The van der Waals surface area contributed by atoms with Gasteiger partial charge in [0.05, 0.1) is 18.5 Å². The van der Waals surface area contributed by atoms with E-state index in [0.717, 1.165) is 0 Å². The summed E-state index contributed by atoms with van der Waals surface area (Å²) < 4.78 is 5.86. The summed E-state index contributed by atoms with van der Waals surface area (Å²) in [6.07, 6.45) is 0.419. The standard InChI is InChI=1S/C20H22ClN5O5/c1-11-23-16(14-5-3-12(21)7-15(14)25-20(30)31-2)8-19(29)26(11)10-18(28)22-9-13-4-6-17(27)24-13/h3,5,7-8,13H,4,6,9-10H2,1-2H3,(H,22,28)(H,24,27)(H,25,30). The summed E-state index contributed by atoms with van der Waals surface area (Å²) in [5.41, 5.74) is 0.699. The van der Waals surface area contributed by atoms with Crippen molar-refractivity contribution in [2.75, 3.05) is 19.0 Å². The summed E-state index contributed by atoms with van der Waals surface area (Å²) in [6, 6.07) is 5.94. The zero-order valence-corrected chi connectivity index (χ0v) is 17.8. The van der Waals surface area contributed by atoms with Crippen LogP contribution in [0.2, 0.25) is 5.02 Å². The largest absolute Gasteiger partial charge is 0.453 e. The second-order valence-corrected chi connectivity index (χ2v) is 7.46. The number of aryl methyl sites for hydroxylation is 1. The van der Waals surface area contributed by atoms with Gasteiger partial charge in [-0.15, -0.1) is 0 Å². The lowest BCUT2D eigenvalue weighted by Crippen LogP contribution is -2.41. The smallest absolute Gasteiger partial charge is 0.411 e. The van der Waals surface area contributed by atoms with Gasteiger partial charge in [-0.3, -0.25) is 24.3 Å². The first kappa shape index (κ1) is 22.3. The Morgan fingerprint density at radius 1 is 1.32 bits per heavy atom. The van der Waals surface area contributed by atoms with Crippen LogP contribution in [0.5, 0.6) is 0 Å². The number of ether oxygens (including phenoxy) is 1. The predicted molar refractivity (Wildman–Crippen MR) is 114 cm³/mol. The first-order valence-corrected chi connectivity index (χ1v) is 9.94. The molecular weight excluding hydrogens is 426 g/mol. The van der Waals surface area contributed by atoms with Gasteiger partial charge in [-0.05, 0) is 31.5 Å². The highest BCUT2D eigenvalue weighted by Crippen LogP contribution is 2.29. The number of nitrogens with zero attached hydrogens (tertiary/aromatic N) is 2. The maximum atomic E-state index is 12.7. The van der Waals surface area contributed by atoms with Gasteiger partial charge in [0, 0.05) is 35.7 Å². The van der Waals surface area contributed by atoms with Crippen LogP contribution in [0.15, 0.2) is 29.1 Å². The van der Waals surface area contributed by atoms with E-state index in [4.69, 9.17) is 11.6 Å². The third-order valence-electron chi connectivity index (χ3n) is 4.81. The van der Waals surface area contributed by atoms with Crippen molar-refractivity contribution in [2.24, 2.45) is 0 Å². The van der Waals surface area contributed by atoms with E-state index in [9.17, 15) is 19.2 Å². The first-order valence-electron chi connectivity index (χ1n) is 9.56. The van der Waals surface area contributed by atoms with Crippen molar-refractivity contribution in [3.05, 3.63) is 45.5 Å². The van der Waals surface area contributed by atoms with Gasteiger partial charge in [0.2, 0.25) is 11.8 Å². The molecular formula is C20H22ClN5O5. The van der Waals surface area contributed by atoms with Crippen LogP contribution in [-0.2, 0) is 20.9 Å². The van der Waals surface area contributed by atoms with E-state index in [-0.39, 0.29) is 24.4 Å². The molecule has 3 N–H and O–H groups in total. The Bertz CT molecular complexity index is 1080. The zero-order chi connectivity index (χ0) is 22.5. The lowest BCUT2D eigenvalue weighted by atomic mass is 10.1. The van der Waals surface area contributed by atoms with Crippen LogP contribution in [-0.4, -0.2) is 47.2 Å². The number of methoxy groups -OCH3 is 1. The molecule has 1 aliphatic rings. The van der Waals surface area contributed by atoms with Crippen LogP contribution >= 0.6 is 11.6 Å². The molecule has 3 rings (SSSR count). The zero-order valence-electron chi connectivity index (χ0n) is 17.0. The molecule has 2 aromatic rings. The Kier molecular flexibility index (Phi) is 6.91. The lowest BCUT2D eigenvalue weighted by Gasteiger charge is -2.15. The SMILES string of the molecule is COC(=O)Nc1cc(Cl)ccc1-c1cc(=O)n(CC(=O)NCC2CCC(=O)N2)c(C)n1. The molecule has 3 amide bonds. The summed E-state index contributed by atoms with van der Waals surface area (Å²) >= 11 is 6.01.